The predicted molar refractivity (Wildman–Crippen MR) is 60.0 cm³/mol. The molecule has 0 fully saturated rings. The Bertz CT molecular complexity index is 467. The molecule has 7 heteroatoms. The van der Waals surface area contributed by atoms with Gasteiger partial charge in [-0.3, -0.25) is 14.5 Å². The molecule has 1 aromatic heterocycles. The van der Waals surface area contributed by atoms with Crippen molar-refractivity contribution in [1.29, 1.82) is 0 Å². The Morgan fingerprint density at radius 2 is 2.19 bits per heavy atom. The molecule has 0 saturated heterocycles. The van der Waals surface area contributed by atoms with E-state index in [2.05, 4.69) is 4.98 Å². The van der Waals surface area contributed by atoms with Crippen LogP contribution in [-0.4, -0.2) is 25.1 Å². The SMILES string of the molecule is CCS(=O)(=O)NC(=O)Cc1ccc(N)cn1. The molecule has 0 saturated carbocycles. The van der Waals surface area contributed by atoms with Crippen LogP contribution in [0.5, 0.6) is 0 Å². The Hall–Kier alpha value is -1.63. The molecule has 88 valence electrons. The van der Waals surface area contributed by atoms with Crippen molar-refractivity contribution in [3.8, 4) is 0 Å². The molecule has 0 aliphatic carbocycles. The van der Waals surface area contributed by atoms with E-state index in [1.54, 1.807) is 12.1 Å². The lowest BCUT2D eigenvalue weighted by Gasteiger charge is -2.04. The molecular weight excluding hydrogens is 230 g/mol. The molecule has 1 rings (SSSR count). The summed E-state index contributed by atoms with van der Waals surface area (Å²) in [6, 6.07) is 3.18. The van der Waals surface area contributed by atoms with E-state index in [9.17, 15) is 13.2 Å². The third-order valence-electron chi connectivity index (χ3n) is 1.84. The Morgan fingerprint density at radius 3 is 2.69 bits per heavy atom. The molecule has 1 heterocycles. The minimum absolute atomic E-state index is 0.0838. The number of hydrogen-bond acceptors (Lipinski definition) is 5. The van der Waals surface area contributed by atoms with Gasteiger partial charge in [0.15, 0.2) is 0 Å². The number of rotatable bonds is 4. The minimum Gasteiger partial charge on any atom is -0.397 e. The van der Waals surface area contributed by atoms with Crippen LogP contribution in [0.3, 0.4) is 0 Å². The molecule has 0 aromatic carbocycles. The van der Waals surface area contributed by atoms with Crippen LogP contribution < -0.4 is 10.5 Å². The summed E-state index contributed by atoms with van der Waals surface area (Å²) in [6.45, 7) is 1.46. The van der Waals surface area contributed by atoms with Crippen molar-refractivity contribution >= 4 is 21.6 Å². The summed E-state index contributed by atoms with van der Waals surface area (Å²) in [5.74, 6) is -0.729. The van der Waals surface area contributed by atoms with Crippen LogP contribution in [0.4, 0.5) is 5.69 Å². The highest BCUT2D eigenvalue weighted by molar-refractivity contribution is 7.90. The van der Waals surface area contributed by atoms with Crippen LogP contribution in [0, 0.1) is 0 Å². The smallest absolute Gasteiger partial charge is 0.239 e. The van der Waals surface area contributed by atoms with Gasteiger partial charge in [-0.05, 0) is 19.1 Å². The van der Waals surface area contributed by atoms with Crippen molar-refractivity contribution < 1.29 is 13.2 Å². The van der Waals surface area contributed by atoms with Gasteiger partial charge in [-0.2, -0.15) is 0 Å². The number of carbonyl (C=O) groups excluding carboxylic acids is 1. The van der Waals surface area contributed by atoms with Crippen molar-refractivity contribution in [1.82, 2.24) is 9.71 Å². The fourth-order valence-electron chi connectivity index (χ4n) is 0.987. The van der Waals surface area contributed by atoms with Gasteiger partial charge in [-0.25, -0.2) is 8.42 Å². The molecule has 1 aromatic rings. The van der Waals surface area contributed by atoms with Gasteiger partial charge in [0.2, 0.25) is 15.9 Å². The number of amides is 1. The summed E-state index contributed by atoms with van der Waals surface area (Å²) in [7, 11) is -3.50. The van der Waals surface area contributed by atoms with Crippen LogP contribution >= 0.6 is 0 Å². The molecule has 0 aliphatic rings. The molecule has 0 atom stereocenters. The van der Waals surface area contributed by atoms with Gasteiger partial charge in [0.05, 0.1) is 24.1 Å². The van der Waals surface area contributed by atoms with Gasteiger partial charge in [-0.15, -0.1) is 0 Å². The Labute approximate surface area is 93.9 Å². The fourth-order valence-corrected chi connectivity index (χ4v) is 1.55. The second kappa shape index (κ2) is 4.93. The van der Waals surface area contributed by atoms with Gasteiger partial charge in [0, 0.05) is 5.69 Å². The maximum atomic E-state index is 11.3. The van der Waals surface area contributed by atoms with Gasteiger partial charge < -0.3 is 5.73 Å². The number of pyridine rings is 1. The first kappa shape index (κ1) is 12.4. The molecule has 0 bridgehead atoms. The van der Waals surface area contributed by atoms with Crippen LogP contribution in [0.25, 0.3) is 0 Å². The van der Waals surface area contributed by atoms with E-state index in [1.165, 1.54) is 13.1 Å². The van der Waals surface area contributed by atoms with E-state index < -0.39 is 15.9 Å². The normalized spacial score (nSPS) is 11.1. The topological polar surface area (TPSA) is 102 Å². The van der Waals surface area contributed by atoms with Crippen molar-refractivity contribution in [2.24, 2.45) is 0 Å². The van der Waals surface area contributed by atoms with Crippen molar-refractivity contribution in [3.05, 3.63) is 24.0 Å². The monoisotopic (exact) mass is 243 g/mol. The summed E-state index contributed by atoms with van der Waals surface area (Å²) < 4.78 is 24.1. The van der Waals surface area contributed by atoms with E-state index in [0.29, 0.717) is 11.4 Å². The Balaban J connectivity index is 2.62. The molecule has 0 aliphatic heterocycles. The van der Waals surface area contributed by atoms with Gasteiger partial charge >= 0.3 is 0 Å². The summed E-state index contributed by atoms with van der Waals surface area (Å²) in [5, 5.41) is 0. The maximum absolute atomic E-state index is 11.3. The number of nitrogens with zero attached hydrogens (tertiary/aromatic N) is 1. The molecule has 0 spiro atoms. The molecule has 6 nitrogen and oxygen atoms in total. The van der Waals surface area contributed by atoms with Crippen molar-refractivity contribution in [2.45, 2.75) is 13.3 Å². The van der Waals surface area contributed by atoms with Crippen LogP contribution in [0.15, 0.2) is 18.3 Å². The highest BCUT2D eigenvalue weighted by atomic mass is 32.2. The molecule has 3 N–H and O–H groups in total. The lowest BCUT2D eigenvalue weighted by molar-refractivity contribution is -0.118. The number of anilines is 1. The Morgan fingerprint density at radius 1 is 1.50 bits per heavy atom. The molecular formula is C9H13N3O3S. The standard InChI is InChI=1S/C9H13N3O3S/c1-2-16(14,15)12-9(13)5-8-4-3-7(10)6-11-8/h3-4,6H,2,5,10H2,1H3,(H,12,13). The van der Waals surface area contributed by atoms with Crippen molar-refractivity contribution in [3.63, 3.8) is 0 Å². The van der Waals surface area contributed by atoms with Crippen molar-refractivity contribution in [2.75, 3.05) is 11.5 Å². The molecule has 0 unspecified atom stereocenters. The number of hydrogen-bond donors (Lipinski definition) is 2. The lowest BCUT2D eigenvalue weighted by atomic mass is 10.2. The highest BCUT2D eigenvalue weighted by Gasteiger charge is 2.12. The zero-order valence-electron chi connectivity index (χ0n) is 8.80. The first-order valence-corrected chi connectivity index (χ1v) is 6.32. The van der Waals surface area contributed by atoms with Gasteiger partial charge in [-0.1, -0.05) is 0 Å². The van der Waals surface area contributed by atoms with Crippen LogP contribution in [-0.2, 0) is 21.2 Å². The number of carbonyl (C=O) groups is 1. The zero-order chi connectivity index (χ0) is 12.2. The number of nitrogen functional groups attached to an aromatic ring is 1. The number of nitrogens with one attached hydrogen (secondary N) is 1. The first-order valence-electron chi connectivity index (χ1n) is 4.66. The van der Waals surface area contributed by atoms with E-state index in [4.69, 9.17) is 5.73 Å². The Kier molecular flexibility index (Phi) is 3.83. The maximum Gasteiger partial charge on any atom is 0.239 e. The lowest BCUT2D eigenvalue weighted by Crippen LogP contribution is -2.33. The third-order valence-corrected chi connectivity index (χ3v) is 3.14. The number of sulfonamides is 1. The summed E-state index contributed by atoms with van der Waals surface area (Å²) in [4.78, 5) is 15.2. The van der Waals surface area contributed by atoms with E-state index >= 15 is 0 Å². The predicted octanol–water partition coefficient (Wildman–Crippen LogP) is -0.328. The van der Waals surface area contributed by atoms with E-state index in [-0.39, 0.29) is 12.2 Å². The molecule has 16 heavy (non-hydrogen) atoms. The van der Waals surface area contributed by atoms with E-state index in [0.717, 1.165) is 0 Å². The number of nitrogens with two attached hydrogens (primary N) is 1. The molecule has 0 radical (unpaired) electrons. The average Bonchev–Trinajstić information content (AvgIpc) is 2.21. The second-order valence-corrected chi connectivity index (χ2v) is 5.20. The fraction of sp³-hybridized carbons (Fsp3) is 0.333. The summed E-state index contributed by atoms with van der Waals surface area (Å²) in [5.41, 5.74) is 6.38. The third kappa shape index (κ3) is 3.85. The first-order chi connectivity index (χ1) is 7.43. The second-order valence-electron chi connectivity index (χ2n) is 3.19. The van der Waals surface area contributed by atoms with Gasteiger partial charge in [0.25, 0.3) is 0 Å². The average molecular weight is 243 g/mol. The number of aromatic nitrogens is 1. The van der Waals surface area contributed by atoms with Gasteiger partial charge in [0.1, 0.15) is 0 Å². The van der Waals surface area contributed by atoms with Crippen LogP contribution in [0.2, 0.25) is 0 Å². The summed E-state index contributed by atoms with van der Waals surface area (Å²) >= 11 is 0. The molecule has 1 amide bonds. The largest absolute Gasteiger partial charge is 0.397 e. The quantitative estimate of drug-likeness (QED) is 0.754. The summed E-state index contributed by atoms with van der Waals surface area (Å²) in [6.07, 6.45) is 1.33. The zero-order valence-corrected chi connectivity index (χ0v) is 9.62. The minimum atomic E-state index is -3.50. The van der Waals surface area contributed by atoms with Crippen LogP contribution in [0.1, 0.15) is 12.6 Å². The van der Waals surface area contributed by atoms with E-state index in [1.807, 2.05) is 4.72 Å². The highest BCUT2D eigenvalue weighted by Crippen LogP contribution is 2.01.